The van der Waals surface area contributed by atoms with E-state index < -0.39 is 21.5 Å². The van der Waals surface area contributed by atoms with Crippen molar-refractivity contribution in [3.05, 3.63) is 129 Å². The van der Waals surface area contributed by atoms with Crippen LogP contribution in [-0.2, 0) is 15.6 Å². The molecule has 0 aromatic heterocycles. The normalized spacial score (nSPS) is 20.7. The van der Waals surface area contributed by atoms with Crippen molar-refractivity contribution >= 4 is 35.1 Å². The van der Waals surface area contributed by atoms with Gasteiger partial charge in [0, 0.05) is 0 Å². The average molecular weight is 798 g/mol. The van der Waals surface area contributed by atoms with Crippen LogP contribution in [0.5, 0.6) is 0 Å². The van der Waals surface area contributed by atoms with E-state index in [0.717, 1.165) is 6.42 Å². The molecule has 4 heteroatoms. The predicted molar refractivity (Wildman–Crippen MR) is 221 cm³/mol. The Bertz CT molecular complexity index is 1940. The fourth-order valence-electron chi connectivity index (χ4n) is 9.74. The van der Waals surface area contributed by atoms with Gasteiger partial charge in [-0.25, -0.2) is 0 Å². The second-order valence-corrected chi connectivity index (χ2v) is 58.9. The summed E-state index contributed by atoms with van der Waals surface area (Å²) >= 11 is -4.83. The van der Waals surface area contributed by atoms with Gasteiger partial charge >= 0.3 is 314 Å². The zero-order valence-corrected chi connectivity index (χ0v) is 36.3. The number of halogens is 2. The standard InChI is InChI=1S/C22H23.C22H25.C2H7Si.2ClH.Zr/c1-16-14-20-8-5-9-21(22(20)15-16)19-12-10-18(11-13-19)17-6-3-2-4-7-17;1-5-16(4)20-13-19-7-6-8-21(22(19)14-20)18-11-9-17(10-12-18)15(2)3;1-3-2;;;/h5,8-15,17H,2-4,6-7H2,1H3;6-16H,5H2,1-4H3;3H,1-2H3;2*1H;/q;;;;;+2/p-2. The SMILES string of the molecule is CCC(C)C1=Cc2c(-c3ccc(C(C)C)cc3)cccc2[CH]1[Zr]([Cl])([Cl])([CH]1C(C)=Cc2c(-c3ccc(C4CCCCC4)cc3)cccc21)[SiH](C)C. The molecule has 0 heterocycles. The quantitative estimate of drug-likeness (QED) is 0.148. The molecule has 4 aromatic carbocycles. The summed E-state index contributed by atoms with van der Waals surface area (Å²) in [5.74, 6) is -0.00218. The maximum atomic E-state index is 8.70. The molecule has 1 saturated carbocycles. The van der Waals surface area contributed by atoms with Crippen molar-refractivity contribution in [3.63, 3.8) is 0 Å². The Morgan fingerprint density at radius 1 is 0.700 bits per heavy atom. The van der Waals surface area contributed by atoms with Crippen LogP contribution in [-0.4, -0.2) is 5.92 Å². The monoisotopic (exact) mass is 795 g/mol. The Balaban J connectivity index is 1.35. The first-order valence-electron chi connectivity index (χ1n) is 19.4. The Hall–Kier alpha value is -1.96. The molecule has 0 nitrogen and oxygen atoms in total. The molecule has 0 radical (unpaired) electrons. The number of allylic oxidation sites excluding steroid dienone is 2. The summed E-state index contributed by atoms with van der Waals surface area (Å²) in [5.41, 5.74) is 16.3. The van der Waals surface area contributed by atoms with Gasteiger partial charge in [0.2, 0.25) is 0 Å². The summed E-state index contributed by atoms with van der Waals surface area (Å²) in [4.78, 5) is 0. The van der Waals surface area contributed by atoms with Crippen molar-refractivity contribution in [1.29, 1.82) is 0 Å². The molecule has 0 amide bonds. The Morgan fingerprint density at radius 3 is 1.78 bits per heavy atom. The molecule has 0 aliphatic heterocycles. The third-order valence-corrected chi connectivity index (χ3v) is 64.9. The van der Waals surface area contributed by atoms with Gasteiger partial charge in [-0.2, -0.15) is 0 Å². The fraction of sp³-hybridized carbons (Fsp3) is 0.391. The Kier molecular flexibility index (Phi) is 10.3. The van der Waals surface area contributed by atoms with Crippen molar-refractivity contribution < 1.29 is 15.6 Å². The van der Waals surface area contributed by atoms with Crippen LogP contribution in [0.4, 0.5) is 0 Å². The molecule has 0 saturated heterocycles. The molecule has 0 spiro atoms. The molecule has 261 valence electrons. The van der Waals surface area contributed by atoms with Gasteiger partial charge < -0.3 is 0 Å². The summed E-state index contributed by atoms with van der Waals surface area (Å²) in [5, 5.41) is 0. The van der Waals surface area contributed by atoms with E-state index in [9.17, 15) is 0 Å². The van der Waals surface area contributed by atoms with Crippen LogP contribution in [0.2, 0.25) is 13.1 Å². The summed E-state index contributed by atoms with van der Waals surface area (Å²) in [7, 11) is 17.4. The van der Waals surface area contributed by atoms with Crippen molar-refractivity contribution in [2.45, 2.75) is 105 Å². The predicted octanol–water partition coefficient (Wildman–Crippen LogP) is 14.8. The van der Waals surface area contributed by atoms with E-state index in [1.165, 1.54) is 98.9 Å². The first-order valence-corrected chi connectivity index (χ1v) is 35.7. The van der Waals surface area contributed by atoms with E-state index in [0.29, 0.717) is 17.8 Å². The van der Waals surface area contributed by atoms with Gasteiger partial charge in [-0.1, -0.05) is 0 Å². The zero-order valence-electron chi connectivity index (χ0n) is 31.2. The molecule has 1 fully saturated rings. The van der Waals surface area contributed by atoms with Crippen LogP contribution >= 0.6 is 17.0 Å². The van der Waals surface area contributed by atoms with Crippen molar-refractivity contribution in [2.24, 2.45) is 5.92 Å². The van der Waals surface area contributed by atoms with Crippen LogP contribution in [0.1, 0.15) is 126 Å². The second kappa shape index (κ2) is 14.1. The summed E-state index contributed by atoms with van der Waals surface area (Å²) in [6, 6.07) is 32.6. The molecule has 4 aromatic rings. The minimum atomic E-state index is -4.83. The van der Waals surface area contributed by atoms with Gasteiger partial charge in [-0.3, -0.25) is 0 Å². The van der Waals surface area contributed by atoms with Crippen LogP contribution in [0.3, 0.4) is 0 Å². The summed E-state index contributed by atoms with van der Waals surface area (Å²) in [6.45, 7) is 16.5. The van der Waals surface area contributed by atoms with Crippen molar-refractivity contribution in [2.75, 3.05) is 0 Å². The van der Waals surface area contributed by atoms with E-state index in [1.807, 2.05) is 0 Å². The molecule has 50 heavy (non-hydrogen) atoms. The molecule has 0 bridgehead atoms. The fourth-order valence-corrected chi connectivity index (χ4v) is 41.8. The molecule has 3 aliphatic rings. The Morgan fingerprint density at radius 2 is 1.24 bits per heavy atom. The molecule has 3 unspecified atom stereocenters. The molecular weight excluding hydrogens is 743 g/mol. The van der Waals surface area contributed by atoms with E-state index >= 15 is 0 Å². The van der Waals surface area contributed by atoms with Crippen molar-refractivity contribution in [1.82, 2.24) is 0 Å². The van der Waals surface area contributed by atoms with Crippen LogP contribution < -0.4 is 0 Å². The number of rotatable bonds is 9. The third kappa shape index (κ3) is 6.07. The number of hydrogen-bond donors (Lipinski definition) is 0. The van der Waals surface area contributed by atoms with Gasteiger partial charge in [0.15, 0.2) is 0 Å². The van der Waals surface area contributed by atoms with Gasteiger partial charge in [0.25, 0.3) is 0 Å². The summed E-state index contributed by atoms with van der Waals surface area (Å²) in [6.07, 6.45) is 12.8. The number of fused-ring (bicyclic) bond motifs is 2. The Labute approximate surface area is 311 Å². The van der Waals surface area contributed by atoms with Crippen LogP contribution in [0, 0.1) is 5.92 Å². The topological polar surface area (TPSA) is 0 Å². The average Bonchev–Trinajstić information content (AvgIpc) is 3.71. The van der Waals surface area contributed by atoms with Gasteiger partial charge in [-0.05, 0) is 0 Å². The first-order chi connectivity index (χ1) is 23.9. The minimum absolute atomic E-state index is 0.0975. The third-order valence-electron chi connectivity index (χ3n) is 12.9. The van der Waals surface area contributed by atoms with Crippen molar-refractivity contribution in [3.8, 4) is 22.3 Å². The maximum absolute atomic E-state index is 8.70. The number of hydrogen-bond acceptors (Lipinski definition) is 0. The molecule has 0 N–H and O–H groups in total. The molecule has 3 aliphatic carbocycles. The first kappa shape index (κ1) is 36.4. The molecular formula is C46H55Cl2SiZr. The van der Waals surface area contributed by atoms with Crippen LogP contribution in [0.25, 0.3) is 34.4 Å². The van der Waals surface area contributed by atoms with E-state index in [2.05, 4.69) is 145 Å². The van der Waals surface area contributed by atoms with E-state index in [-0.39, 0.29) is 7.25 Å². The van der Waals surface area contributed by atoms with E-state index in [4.69, 9.17) is 17.0 Å². The molecule has 7 rings (SSSR count). The van der Waals surface area contributed by atoms with Gasteiger partial charge in [0.05, 0.1) is 0 Å². The van der Waals surface area contributed by atoms with Gasteiger partial charge in [-0.15, -0.1) is 0 Å². The van der Waals surface area contributed by atoms with E-state index in [1.54, 1.807) is 0 Å². The second-order valence-electron chi connectivity index (χ2n) is 16.4. The van der Waals surface area contributed by atoms with Crippen LogP contribution in [0.15, 0.2) is 96.1 Å². The molecule has 3 atom stereocenters. The zero-order chi connectivity index (χ0) is 35.4. The summed E-state index contributed by atoms with van der Waals surface area (Å²) < 4.78 is 0.198. The number of benzene rings is 4. The van der Waals surface area contributed by atoms with Gasteiger partial charge in [0.1, 0.15) is 0 Å².